The molecule has 3 aromatic rings. The molecule has 0 bridgehead atoms. The first-order valence-corrected chi connectivity index (χ1v) is 12.7. The van der Waals surface area contributed by atoms with Crippen molar-refractivity contribution >= 4 is 17.3 Å². The Bertz CT molecular complexity index is 1390. The van der Waals surface area contributed by atoms with Crippen molar-refractivity contribution in [1.29, 1.82) is 0 Å². The van der Waals surface area contributed by atoms with Gasteiger partial charge in [0.1, 0.15) is 11.6 Å². The number of likely N-dealkylation sites (N-methyl/N-ethyl adjacent to an activating group) is 1. The van der Waals surface area contributed by atoms with Crippen LogP contribution in [-0.2, 0) is 11.3 Å². The molecule has 0 radical (unpaired) electrons. The molecule has 2 unspecified atom stereocenters. The molecule has 1 aliphatic heterocycles. The number of para-hydroxylation sites is 1. The fraction of sp³-hybridized carbons (Fsp3) is 0.226. The number of anilines is 1. The highest BCUT2D eigenvalue weighted by Crippen LogP contribution is 2.33. The summed E-state index contributed by atoms with van der Waals surface area (Å²) in [5.74, 6) is -0.835. The van der Waals surface area contributed by atoms with E-state index in [1.54, 1.807) is 24.3 Å². The molecule has 0 aromatic heterocycles. The van der Waals surface area contributed by atoms with E-state index in [1.165, 1.54) is 24.3 Å². The molecule has 0 saturated carbocycles. The Morgan fingerprint density at radius 3 is 2.37 bits per heavy atom. The molecule has 1 amide bonds. The third-order valence-corrected chi connectivity index (χ3v) is 6.81. The third-order valence-electron chi connectivity index (χ3n) is 6.81. The van der Waals surface area contributed by atoms with Crippen molar-refractivity contribution in [2.45, 2.75) is 18.6 Å². The number of aliphatic imine (C=N–C) groups is 1. The van der Waals surface area contributed by atoms with Gasteiger partial charge in [0, 0.05) is 42.0 Å². The maximum absolute atomic E-state index is 13.8. The van der Waals surface area contributed by atoms with Crippen molar-refractivity contribution in [2.75, 3.05) is 32.1 Å². The Kier molecular flexibility index (Phi) is 7.47. The quantitative estimate of drug-likeness (QED) is 0.498. The second-order valence-corrected chi connectivity index (χ2v) is 9.77. The molecule has 2 atom stereocenters. The molecule has 7 heteroatoms. The number of hydrogen-bond acceptors (Lipinski definition) is 4. The SMILES string of the molecule is CN(C)CCN1c2ccccc2C(c2ccc(F)cc2)=NC2C=C(C(=O)NCc3ccc(F)cc3)C=CC21. The van der Waals surface area contributed by atoms with Gasteiger partial charge in [0.15, 0.2) is 0 Å². The van der Waals surface area contributed by atoms with Crippen LogP contribution in [0.4, 0.5) is 14.5 Å². The molecule has 1 aliphatic carbocycles. The van der Waals surface area contributed by atoms with Gasteiger partial charge in [-0.1, -0.05) is 42.5 Å². The predicted molar refractivity (Wildman–Crippen MR) is 147 cm³/mol. The Hall–Kier alpha value is -4.10. The first-order chi connectivity index (χ1) is 18.4. The van der Waals surface area contributed by atoms with Crippen molar-refractivity contribution in [1.82, 2.24) is 10.2 Å². The normalized spacial score (nSPS) is 18.3. The van der Waals surface area contributed by atoms with Gasteiger partial charge in [-0.05, 0) is 68.2 Å². The van der Waals surface area contributed by atoms with Gasteiger partial charge < -0.3 is 15.1 Å². The van der Waals surface area contributed by atoms with E-state index in [0.29, 0.717) is 12.1 Å². The molecule has 2 aliphatic rings. The number of benzene rings is 3. The van der Waals surface area contributed by atoms with Gasteiger partial charge >= 0.3 is 0 Å². The fourth-order valence-corrected chi connectivity index (χ4v) is 4.81. The van der Waals surface area contributed by atoms with Crippen molar-refractivity contribution in [2.24, 2.45) is 4.99 Å². The lowest BCUT2D eigenvalue weighted by Crippen LogP contribution is -2.45. The average Bonchev–Trinajstić information content (AvgIpc) is 3.06. The second kappa shape index (κ2) is 11.1. The van der Waals surface area contributed by atoms with Crippen molar-refractivity contribution in [3.63, 3.8) is 0 Å². The minimum atomic E-state index is -0.332. The zero-order valence-electron chi connectivity index (χ0n) is 21.4. The Morgan fingerprint density at radius 2 is 1.66 bits per heavy atom. The second-order valence-electron chi connectivity index (χ2n) is 9.77. The van der Waals surface area contributed by atoms with E-state index in [1.807, 2.05) is 50.5 Å². The van der Waals surface area contributed by atoms with Gasteiger partial charge in [-0.25, -0.2) is 8.78 Å². The molecule has 0 spiro atoms. The van der Waals surface area contributed by atoms with Gasteiger partial charge in [-0.15, -0.1) is 0 Å². The van der Waals surface area contributed by atoms with E-state index in [4.69, 9.17) is 4.99 Å². The number of halogens is 2. The summed E-state index contributed by atoms with van der Waals surface area (Å²) >= 11 is 0. The van der Waals surface area contributed by atoms with Crippen LogP contribution >= 0.6 is 0 Å². The van der Waals surface area contributed by atoms with Crippen LogP contribution in [0.15, 0.2) is 102 Å². The number of nitrogens with zero attached hydrogens (tertiary/aromatic N) is 3. The summed E-state index contributed by atoms with van der Waals surface area (Å²) in [6, 6.07) is 20.1. The largest absolute Gasteiger partial charge is 0.361 e. The standard InChI is InChI=1S/C31H30F2N4O/c1-36(2)17-18-37-28-6-4-3-5-26(28)30(22-9-14-25(33)15-10-22)35-27-19-23(11-16-29(27)37)31(38)34-20-21-7-12-24(32)13-8-21/h3-16,19,27,29H,17-18,20H2,1-2H3,(H,34,38). The summed E-state index contributed by atoms with van der Waals surface area (Å²) in [7, 11) is 4.09. The van der Waals surface area contributed by atoms with Crippen LogP contribution in [0.2, 0.25) is 0 Å². The number of carbonyl (C=O) groups excluding carboxylic acids is 1. The zero-order chi connectivity index (χ0) is 26.6. The number of fused-ring (bicyclic) bond motifs is 2. The van der Waals surface area contributed by atoms with Crippen LogP contribution in [0.3, 0.4) is 0 Å². The molecule has 0 fully saturated rings. The third kappa shape index (κ3) is 5.58. The van der Waals surface area contributed by atoms with Crippen LogP contribution in [-0.4, -0.2) is 55.8 Å². The summed E-state index contributed by atoms with van der Waals surface area (Å²) in [4.78, 5) is 22.7. The van der Waals surface area contributed by atoms with Crippen LogP contribution < -0.4 is 10.2 Å². The van der Waals surface area contributed by atoms with E-state index in [2.05, 4.69) is 21.2 Å². The highest BCUT2D eigenvalue weighted by atomic mass is 19.1. The number of hydrogen-bond donors (Lipinski definition) is 1. The lowest BCUT2D eigenvalue weighted by Gasteiger charge is -2.36. The van der Waals surface area contributed by atoms with Crippen LogP contribution in [0.25, 0.3) is 0 Å². The Morgan fingerprint density at radius 1 is 0.974 bits per heavy atom. The van der Waals surface area contributed by atoms with Crippen LogP contribution in [0, 0.1) is 11.6 Å². The molecule has 5 nitrogen and oxygen atoms in total. The lowest BCUT2D eigenvalue weighted by molar-refractivity contribution is -0.117. The van der Waals surface area contributed by atoms with Crippen LogP contribution in [0.5, 0.6) is 0 Å². The maximum Gasteiger partial charge on any atom is 0.251 e. The average molecular weight is 513 g/mol. The fourth-order valence-electron chi connectivity index (χ4n) is 4.81. The zero-order valence-corrected chi connectivity index (χ0v) is 21.4. The molecular weight excluding hydrogens is 482 g/mol. The summed E-state index contributed by atoms with van der Waals surface area (Å²) in [5, 5.41) is 2.93. The molecule has 1 heterocycles. The summed E-state index contributed by atoms with van der Waals surface area (Å²) in [6.07, 6.45) is 5.80. The monoisotopic (exact) mass is 512 g/mol. The Labute approximate surface area is 221 Å². The maximum atomic E-state index is 13.8. The number of rotatable bonds is 7. The van der Waals surface area contributed by atoms with E-state index in [0.717, 1.165) is 41.2 Å². The predicted octanol–water partition coefficient (Wildman–Crippen LogP) is 4.73. The molecule has 1 N–H and O–H groups in total. The first kappa shape index (κ1) is 25.5. The Balaban J connectivity index is 1.50. The smallest absolute Gasteiger partial charge is 0.251 e. The van der Waals surface area contributed by atoms with Gasteiger partial charge in [0.05, 0.1) is 17.8 Å². The van der Waals surface area contributed by atoms with E-state index < -0.39 is 0 Å². The number of amides is 1. The van der Waals surface area contributed by atoms with Crippen molar-refractivity contribution in [3.05, 3.63) is 125 Å². The molecular formula is C31H30F2N4O. The summed E-state index contributed by atoms with van der Waals surface area (Å²) in [5.41, 5.74) is 4.94. The van der Waals surface area contributed by atoms with Crippen molar-refractivity contribution < 1.29 is 13.6 Å². The molecule has 5 rings (SSSR count). The molecule has 194 valence electrons. The van der Waals surface area contributed by atoms with E-state index in [9.17, 15) is 13.6 Å². The minimum Gasteiger partial charge on any atom is -0.361 e. The number of nitrogens with one attached hydrogen (secondary N) is 1. The van der Waals surface area contributed by atoms with Crippen LogP contribution in [0.1, 0.15) is 16.7 Å². The molecule has 38 heavy (non-hydrogen) atoms. The van der Waals surface area contributed by atoms with E-state index >= 15 is 0 Å². The minimum absolute atomic E-state index is 0.0947. The highest BCUT2D eigenvalue weighted by molar-refractivity contribution is 6.16. The summed E-state index contributed by atoms with van der Waals surface area (Å²) in [6.45, 7) is 1.90. The number of carbonyl (C=O) groups is 1. The van der Waals surface area contributed by atoms with Crippen molar-refractivity contribution in [3.8, 4) is 0 Å². The summed E-state index contributed by atoms with van der Waals surface area (Å²) < 4.78 is 27.0. The van der Waals surface area contributed by atoms with Gasteiger partial charge in [0.25, 0.3) is 5.91 Å². The van der Waals surface area contributed by atoms with Gasteiger partial charge in [-0.2, -0.15) is 0 Å². The molecule has 3 aromatic carbocycles. The van der Waals surface area contributed by atoms with Gasteiger partial charge in [-0.3, -0.25) is 9.79 Å². The molecule has 0 saturated heterocycles. The topological polar surface area (TPSA) is 47.9 Å². The lowest BCUT2D eigenvalue weighted by atomic mass is 9.96. The first-order valence-electron chi connectivity index (χ1n) is 12.7. The van der Waals surface area contributed by atoms with E-state index in [-0.39, 0.29) is 29.6 Å². The van der Waals surface area contributed by atoms with Gasteiger partial charge in [0.2, 0.25) is 0 Å². The highest BCUT2D eigenvalue weighted by Gasteiger charge is 2.33.